The van der Waals surface area contributed by atoms with Crippen LogP contribution in [0.15, 0.2) is 48.5 Å². The van der Waals surface area contributed by atoms with E-state index in [1.807, 2.05) is 24.3 Å². The number of ether oxygens (including phenoxy) is 2. The first-order valence-corrected chi connectivity index (χ1v) is 12.0. The van der Waals surface area contributed by atoms with Crippen LogP contribution in [-0.4, -0.2) is 51.9 Å². The zero-order chi connectivity index (χ0) is 25.1. The minimum absolute atomic E-state index is 0.121. The van der Waals surface area contributed by atoms with Gasteiger partial charge in [-0.05, 0) is 36.6 Å². The number of rotatable bonds is 6. The second kappa shape index (κ2) is 10.4. The van der Waals surface area contributed by atoms with Crippen LogP contribution in [-0.2, 0) is 29.2 Å². The van der Waals surface area contributed by atoms with Gasteiger partial charge in [0.05, 0.1) is 26.0 Å². The Kier molecular flexibility index (Phi) is 6.95. The molecule has 2 aromatic carbocycles. The molecule has 1 unspecified atom stereocenters. The molecule has 36 heavy (non-hydrogen) atoms. The van der Waals surface area contributed by atoms with Crippen molar-refractivity contribution in [3.8, 4) is 5.75 Å². The van der Waals surface area contributed by atoms with Gasteiger partial charge in [-0.2, -0.15) is 0 Å². The standard InChI is InChI=1S/C26H28FN5O4/c1-35-20-8-6-17(7-9-20)23-15-32-22(16-36-23)24(29-30-32)26(34)31-12-10-18(11-13-31)25(33)28-14-19-4-2-3-5-21(19)27/h2-9,18,23H,10-16H2,1H3,(H,28,33). The Morgan fingerprint density at radius 1 is 1.14 bits per heavy atom. The average Bonchev–Trinajstić information content (AvgIpc) is 3.35. The van der Waals surface area contributed by atoms with E-state index < -0.39 is 0 Å². The molecule has 3 heterocycles. The average molecular weight is 494 g/mol. The topological polar surface area (TPSA) is 98.6 Å². The van der Waals surface area contributed by atoms with Gasteiger partial charge in [0.2, 0.25) is 5.91 Å². The molecule has 9 nitrogen and oxygen atoms in total. The van der Waals surface area contributed by atoms with Gasteiger partial charge in [0.25, 0.3) is 5.91 Å². The maximum absolute atomic E-state index is 13.8. The van der Waals surface area contributed by atoms with E-state index in [-0.39, 0.29) is 42.8 Å². The van der Waals surface area contributed by atoms with E-state index in [0.29, 0.717) is 49.4 Å². The molecular weight excluding hydrogens is 465 g/mol. The van der Waals surface area contributed by atoms with Crippen LogP contribution in [0.4, 0.5) is 4.39 Å². The molecule has 1 N–H and O–H groups in total. The van der Waals surface area contributed by atoms with Crippen LogP contribution in [0.3, 0.4) is 0 Å². The van der Waals surface area contributed by atoms with Crippen LogP contribution >= 0.6 is 0 Å². The molecule has 3 aromatic rings. The number of nitrogens with zero attached hydrogens (tertiary/aromatic N) is 4. The summed E-state index contributed by atoms with van der Waals surface area (Å²) in [6, 6.07) is 14.1. The quantitative estimate of drug-likeness (QED) is 0.567. The van der Waals surface area contributed by atoms with E-state index >= 15 is 0 Å². The number of carbonyl (C=O) groups excluding carboxylic acids is 2. The Morgan fingerprint density at radius 2 is 1.89 bits per heavy atom. The minimum Gasteiger partial charge on any atom is -0.497 e. The van der Waals surface area contributed by atoms with E-state index in [1.54, 1.807) is 34.9 Å². The Bertz CT molecular complexity index is 1240. The van der Waals surface area contributed by atoms with E-state index in [9.17, 15) is 14.0 Å². The van der Waals surface area contributed by atoms with Gasteiger partial charge in [0.1, 0.15) is 17.7 Å². The number of methoxy groups -OCH3 is 1. The van der Waals surface area contributed by atoms with Crippen LogP contribution in [0.25, 0.3) is 0 Å². The first kappa shape index (κ1) is 23.9. The van der Waals surface area contributed by atoms with Crippen LogP contribution in [0.2, 0.25) is 0 Å². The van der Waals surface area contributed by atoms with Gasteiger partial charge < -0.3 is 19.7 Å². The van der Waals surface area contributed by atoms with Gasteiger partial charge in [0.15, 0.2) is 5.69 Å². The van der Waals surface area contributed by atoms with Crippen molar-refractivity contribution in [3.63, 3.8) is 0 Å². The molecule has 1 fully saturated rings. The predicted molar refractivity (Wildman–Crippen MR) is 127 cm³/mol. The van der Waals surface area contributed by atoms with Crippen molar-refractivity contribution < 1.29 is 23.5 Å². The third kappa shape index (κ3) is 4.94. The number of halogens is 1. The molecule has 2 aliphatic heterocycles. The van der Waals surface area contributed by atoms with Gasteiger partial charge >= 0.3 is 0 Å². The van der Waals surface area contributed by atoms with E-state index in [0.717, 1.165) is 11.3 Å². The number of piperidine rings is 1. The highest BCUT2D eigenvalue weighted by Gasteiger charge is 2.33. The Hall–Kier alpha value is -3.79. The summed E-state index contributed by atoms with van der Waals surface area (Å²) in [6.45, 7) is 1.73. The second-order valence-electron chi connectivity index (χ2n) is 9.02. The van der Waals surface area contributed by atoms with Gasteiger partial charge in [-0.1, -0.05) is 35.5 Å². The molecule has 1 saturated heterocycles. The van der Waals surface area contributed by atoms with Crippen LogP contribution in [0, 0.1) is 11.7 Å². The lowest BCUT2D eigenvalue weighted by Crippen LogP contribution is -2.43. The van der Waals surface area contributed by atoms with Crippen molar-refractivity contribution >= 4 is 11.8 Å². The molecule has 0 aliphatic carbocycles. The summed E-state index contributed by atoms with van der Waals surface area (Å²) in [5, 5.41) is 11.2. The number of hydrogen-bond acceptors (Lipinski definition) is 6. The van der Waals surface area contributed by atoms with E-state index in [2.05, 4.69) is 15.6 Å². The minimum atomic E-state index is -0.338. The zero-order valence-corrected chi connectivity index (χ0v) is 20.0. The van der Waals surface area contributed by atoms with Gasteiger partial charge in [-0.15, -0.1) is 5.10 Å². The summed E-state index contributed by atoms with van der Waals surface area (Å²) in [6.07, 6.45) is 0.884. The number of amides is 2. The van der Waals surface area contributed by atoms with Crippen molar-refractivity contribution in [3.05, 3.63) is 76.9 Å². The zero-order valence-electron chi connectivity index (χ0n) is 20.0. The predicted octanol–water partition coefficient (Wildman–Crippen LogP) is 2.87. The molecule has 2 amide bonds. The van der Waals surface area contributed by atoms with Crippen molar-refractivity contribution in [2.24, 2.45) is 5.92 Å². The van der Waals surface area contributed by atoms with Crippen molar-refractivity contribution in [1.29, 1.82) is 0 Å². The number of carbonyl (C=O) groups is 2. The smallest absolute Gasteiger partial charge is 0.276 e. The number of nitrogens with one attached hydrogen (secondary N) is 1. The molecule has 10 heteroatoms. The van der Waals surface area contributed by atoms with Crippen LogP contribution in [0.5, 0.6) is 5.75 Å². The summed E-state index contributed by atoms with van der Waals surface area (Å²) in [5.41, 5.74) is 2.41. The first-order chi connectivity index (χ1) is 17.5. The van der Waals surface area contributed by atoms with Gasteiger partial charge in [0, 0.05) is 31.1 Å². The first-order valence-electron chi connectivity index (χ1n) is 12.0. The monoisotopic (exact) mass is 493 g/mol. The lowest BCUT2D eigenvalue weighted by molar-refractivity contribution is -0.126. The maximum atomic E-state index is 13.8. The maximum Gasteiger partial charge on any atom is 0.276 e. The fourth-order valence-corrected chi connectivity index (χ4v) is 4.66. The number of likely N-dealkylation sites (tertiary alicyclic amines) is 1. The molecule has 5 rings (SSSR count). The molecule has 188 valence electrons. The molecular formula is C26H28FN5O4. The summed E-state index contributed by atoms with van der Waals surface area (Å²) in [4.78, 5) is 27.5. The van der Waals surface area contributed by atoms with Crippen LogP contribution < -0.4 is 10.1 Å². The van der Waals surface area contributed by atoms with Gasteiger partial charge in [-0.25, -0.2) is 9.07 Å². The summed E-state index contributed by atoms with van der Waals surface area (Å²) in [7, 11) is 1.62. The molecule has 1 atom stereocenters. The third-order valence-electron chi connectivity index (χ3n) is 6.85. The second-order valence-corrected chi connectivity index (χ2v) is 9.02. The van der Waals surface area contributed by atoms with Crippen molar-refractivity contribution in [2.45, 2.75) is 38.6 Å². The Balaban J connectivity index is 1.15. The number of hydrogen-bond donors (Lipinski definition) is 1. The highest BCUT2D eigenvalue weighted by molar-refractivity contribution is 5.93. The molecule has 1 aromatic heterocycles. The largest absolute Gasteiger partial charge is 0.497 e. The highest BCUT2D eigenvalue weighted by atomic mass is 19.1. The Labute approximate surface area is 208 Å². The van der Waals surface area contributed by atoms with E-state index in [1.165, 1.54) is 6.07 Å². The van der Waals surface area contributed by atoms with Crippen molar-refractivity contribution in [2.75, 3.05) is 20.2 Å². The number of benzene rings is 2. The number of fused-ring (bicyclic) bond motifs is 1. The normalized spacial score (nSPS) is 17.9. The Morgan fingerprint density at radius 3 is 2.61 bits per heavy atom. The van der Waals surface area contributed by atoms with Gasteiger partial charge in [-0.3, -0.25) is 9.59 Å². The molecule has 2 aliphatic rings. The summed E-state index contributed by atoms with van der Waals surface area (Å²) < 4.78 is 26.8. The highest BCUT2D eigenvalue weighted by Crippen LogP contribution is 2.29. The molecule has 0 spiro atoms. The third-order valence-corrected chi connectivity index (χ3v) is 6.85. The fourth-order valence-electron chi connectivity index (χ4n) is 4.66. The molecule has 0 saturated carbocycles. The number of aromatic nitrogens is 3. The van der Waals surface area contributed by atoms with E-state index in [4.69, 9.17) is 9.47 Å². The van der Waals surface area contributed by atoms with Crippen molar-refractivity contribution in [1.82, 2.24) is 25.2 Å². The SMILES string of the molecule is COc1ccc(C2Cn3nnc(C(=O)N4CCC(C(=O)NCc5ccccc5F)CC4)c3CO2)cc1. The molecule has 0 bridgehead atoms. The van der Waals surface area contributed by atoms with Crippen LogP contribution in [0.1, 0.15) is 46.3 Å². The lowest BCUT2D eigenvalue weighted by Gasteiger charge is -2.31. The fraction of sp³-hybridized carbons (Fsp3) is 0.385. The summed E-state index contributed by atoms with van der Waals surface area (Å²) >= 11 is 0. The summed E-state index contributed by atoms with van der Waals surface area (Å²) in [5.74, 6) is -0.106. The lowest BCUT2D eigenvalue weighted by atomic mass is 9.95. The molecule has 0 radical (unpaired) electrons.